The molecule has 2 unspecified atom stereocenters. The van der Waals surface area contributed by atoms with Gasteiger partial charge in [-0.1, -0.05) is 30.7 Å². The van der Waals surface area contributed by atoms with Gasteiger partial charge in [-0.05, 0) is 51.1 Å². The summed E-state index contributed by atoms with van der Waals surface area (Å²) in [5.74, 6) is 0. The van der Waals surface area contributed by atoms with Gasteiger partial charge in [0.25, 0.3) is 0 Å². The van der Waals surface area contributed by atoms with Crippen LogP contribution < -0.4 is 5.73 Å². The van der Waals surface area contributed by atoms with E-state index in [0.29, 0.717) is 6.04 Å². The van der Waals surface area contributed by atoms with E-state index in [4.69, 9.17) is 17.3 Å². The normalized spacial score (nSPS) is 14.9. The highest BCUT2D eigenvalue weighted by atomic mass is 35.5. The largest absolute Gasteiger partial charge is 0.324 e. The second-order valence-electron chi connectivity index (χ2n) is 4.68. The van der Waals surface area contributed by atoms with Crippen LogP contribution in [0, 0.1) is 0 Å². The molecule has 96 valence electrons. The third-order valence-corrected chi connectivity index (χ3v) is 3.69. The summed E-state index contributed by atoms with van der Waals surface area (Å²) >= 11 is 5.86. The van der Waals surface area contributed by atoms with Crippen molar-refractivity contribution in [1.29, 1.82) is 0 Å². The highest BCUT2D eigenvalue weighted by molar-refractivity contribution is 6.30. The molecule has 1 rings (SSSR count). The van der Waals surface area contributed by atoms with Crippen molar-refractivity contribution in [2.45, 2.75) is 38.8 Å². The van der Waals surface area contributed by atoms with E-state index in [-0.39, 0.29) is 6.04 Å². The molecule has 2 nitrogen and oxygen atoms in total. The Labute approximate surface area is 110 Å². The van der Waals surface area contributed by atoms with Crippen molar-refractivity contribution >= 4 is 11.6 Å². The Kier molecular flexibility index (Phi) is 5.96. The minimum atomic E-state index is 0.0961. The molecule has 2 atom stereocenters. The van der Waals surface area contributed by atoms with Crippen LogP contribution in [0.4, 0.5) is 0 Å². The summed E-state index contributed by atoms with van der Waals surface area (Å²) in [6.45, 7) is 5.48. The number of rotatable bonds is 6. The van der Waals surface area contributed by atoms with E-state index in [9.17, 15) is 0 Å². The zero-order chi connectivity index (χ0) is 12.8. The van der Waals surface area contributed by atoms with Crippen LogP contribution in [0.5, 0.6) is 0 Å². The minimum absolute atomic E-state index is 0.0961. The second kappa shape index (κ2) is 7.00. The van der Waals surface area contributed by atoms with Crippen LogP contribution in [0.2, 0.25) is 5.02 Å². The number of halogens is 1. The molecule has 1 aromatic carbocycles. The van der Waals surface area contributed by atoms with Gasteiger partial charge in [-0.3, -0.25) is 0 Å². The molecule has 0 radical (unpaired) electrons. The van der Waals surface area contributed by atoms with Gasteiger partial charge in [0.15, 0.2) is 0 Å². The third kappa shape index (κ3) is 4.66. The van der Waals surface area contributed by atoms with Crippen LogP contribution in [-0.2, 0) is 0 Å². The summed E-state index contributed by atoms with van der Waals surface area (Å²) in [5.41, 5.74) is 7.32. The molecule has 2 N–H and O–H groups in total. The average molecular weight is 255 g/mol. The van der Waals surface area contributed by atoms with E-state index in [2.05, 4.69) is 25.8 Å². The van der Waals surface area contributed by atoms with Crippen LogP contribution in [-0.4, -0.2) is 24.5 Å². The molecule has 0 aromatic heterocycles. The molecule has 0 spiro atoms. The molecule has 0 aliphatic heterocycles. The minimum Gasteiger partial charge on any atom is -0.324 e. The highest BCUT2D eigenvalue weighted by Gasteiger charge is 2.10. The van der Waals surface area contributed by atoms with Crippen LogP contribution in [0.1, 0.15) is 38.3 Å². The molecule has 0 aliphatic rings. The number of nitrogens with two attached hydrogens (primary N) is 1. The van der Waals surface area contributed by atoms with E-state index >= 15 is 0 Å². The van der Waals surface area contributed by atoms with Crippen LogP contribution >= 0.6 is 11.6 Å². The lowest BCUT2D eigenvalue weighted by molar-refractivity contribution is 0.243. The molecule has 0 bridgehead atoms. The molecule has 0 amide bonds. The fraction of sp³-hybridized carbons (Fsp3) is 0.571. The standard InChI is InChI=1S/C14H23ClN2/c1-4-11(2)17(3)10-9-14(16)12-5-7-13(15)8-6-12/h5-8,11,14H,4,9-10,16H2,1-3H3. The lowest BCUT2D eigenvalue weighted by Gasteiger charge is -2.25. The molecule has 0 heterocycles. The van der Waals surface area contributed by atoms with Gasteiger partial charge in [-0.25, -0.2) is 0 Å². The van der Waals surface area contributed by atoms with Gasteiger partial charge in [-0.15, -0.1) is 0 Å². The van der Waals surface area contributed by atoms with Crippen molar-refractivity contribution < 1.29 is 0 Å². The van der Waals surface area contributed by atoms with Gasteiger partial charge >= 0.3 is 0 Å². The Morgan fingerprint density at radius 3 is 2.41 bits per heavy atom. The summed E-state index contributed by atoms with van der Waals surface area (Å²) in [5, 5.41) is 0.762. The molecular formula is C14H23ClN2. The zero-order valence-corrected chi connectivity index (χ0v) is 11.7. The third-order valence-electron chi connectivity index (χ3n) is 3.43. The van der Waals surface area contributed by atoms with E-state index < -0.39 is 0 Å². The van der Waals surface area contributed by atoms with Crippen molar-refractivity contribution in [3.63, 3.8) is 0 Å². The first-order valence-electron chi connectivity index (χ1n) is 6.25. The maximum Gasteiger partial charge on any atom is 0.0406 e. The Balaban J connectivity index is 2.44. The van der Waals surface area contributed by atoms with Gasteiger partial charge < -0.3 is 10.6 Å². The molecular weight excluding hydrogens is 232 g/mol. The smallest absolute Gasteiger partial charge is 0.0406 e. The first-order valence-corrected chi connectivity index (χ1v) is 6.63. The second-order valence-corrected chi connectivity index (χ2v) is 5.12. The Bertz CT molecular complexity index is 323. The van der Waals surface area contributed by atoms with Crippen LogP contribution in [0.15, 0.2) is 24.3 Å². The molecule has 3 heteroatoms. The van der Waals surface area contributed by atoms with Gasteiger partial charge in [0.05, 0.1) is 0 Å². The van der Waals surface area contributed by atoms with Crippen molar-refractivity contribution in [2.24, 2.45) is 5.73 Å². The van der Waals surface area contributed by atoms with Gasteiger partial charge in [-0.2, -0.15) is 0 Å². The van der Waals surface area contributed by atoms with E-state index in [1.165, 1.54) is 6.42 Å². The lowest BCUT2D eigenvalue weighted by Crippen LogP contribution is -2.31. The van der Waals surface area contributed by atoms with Crippen LogP contribution in [0.25, 0.3) is 0 Å². The number of benzene rings is 1. The molecule has 0 fully saturated rings. The van der Waals surface area contributed by atoms with Gasteiger partial charge in [0.2, 0.25) is 0 Å². The van der Waals surface area contributed by atoms with E-state index in [1.54, 1.807) is 0 Å². The number of nitrogens with zero attached hydrogens (tertiary/aromatic N) is 1. The Morgan fingerprint density at radius 1 is 1.29 bits per heavy atom. The summed E-state index contributed by atoms with van der Waals surface area (Å²) < 4.78 is 0. The summed E-state index contributed by atoms with van der Waals surface area (Å²) in [4.78, 5) is 2.36. The quantitative estimate of drug-likeness (QED) is 0.843. The van der Waals surface area contributed by atoms with Crippen molar-refractivity contribution in [1.82, 2.24) is 4.90 Å². The predicted octanol–water partition coefficient (Wildman–Crippen LogP) is 3.46. The van der Waals surface area contributed by atoms with E-state index in [1.807, 2.05) is 24.3 Å². The number of hydrogen-bond donors (Lipinski definition) is 1. The Hall–Kier alpha value is -0.570. The first kappa shape index (κ1) is 14.5. The summed E-state index contributed by atoms with van der Waals surface area (Å²) in [6, 6.07) is 8.53. The predicted molar refractivity (Wildman–Crippen MR) is 75.4 cm³/mol. The first-order chi connectivity index (χ1) is 8.04. The highest BCUT2D eigenvalue weighted by Crippen LogP contribution is 2.17. The Morgan fingerprint density at radius 2 is 1.88 bits per heavy atom. The SMILES string of the molecule is CCC(C)N(C)CCC(N)c1ccc(Cl)cc1. The maximum atomic E-state index is 6.17. The van der Waals surface area contributed by atoms with Crippen LogP contribution in [0.3, 0.4) is 0 Å². The molecule has 17 heavy (non-hydrogen) atoms. The summed E-state index contributed by atoms with van der Waals surface area (Å²) in [7, 11) is 2.16. The topological polar surface area (TPSA) is 29.3 Å². The molecule has 0 saturated heterocycles. The lowest BCUT2D eigenvalue weighted by atomic mass is 10.0. The zero-order valence-electron chi connectivity index (χ0n) is 11.0. The fourth-order valence-corrected chi connectivity index (χ4v) is 1.88. The van der Waals surface area contributed by atoms with E-state index in [0.717, 1.165) is 23.6 Å². The average Bonchev–Trinajstić information content (AvgIpc) is 2.35. The fourth-order valence-electron chi connectivity index (χ4n) is 1.75. The van der Waals surface area contributed by atoms with Crippen molar-refractivity contribution in [3.05, 3.63) is 34.9 Å². The molecule has 0 saturated carbocycles. The van der Waals surface area contributed by atoms with Gasteiger partial charge in [0, 0.05) is 17.1 Å². The molecule has 0 aliphatic carbocycles. The maximum absolute atomic E-state index is 6.17. The van der Waals surface area contributed by atoms with Crippen molar-refractivity contribution in [2.75, 3.05) is 13.6 Å². The molecule has 1 aromatic rings. The monoisotopic (exact) mass is 254 g/mol. The summed E-state index contributed by atoms with van der Waals surface area (Å²) in [6.07, 6.45) is 2.15. The van der Waals surface area contributed by atoms with Crippen molar-refractivity contribution in [3.8, 4) is 0 Å². The van der Waals surface area contributed by atoms with Gasteiger partial charge in [0.1, 0.15) is 0 Å². The number of hydrogen-bond acceptors (Lipinski definition) is 2.